The normalized spacial score (nSPS) is 11.9. The number of halogens is 4. The van der Waals surface area contributed by atoms with Crippen LogP contribution in [0, 0.1) is 0 Å². The fraction of sp³-hybridized carbons (Fsp3) is 0.133. The lowest BCUT2D eigenvalue weighted by atomic mass is 10.2. The molecule has 0 unspecified atom stereocenters. The number of anilines is 1. The standard InChI is InChI=1S/C15H11BrF3NO4S/c1-24-13-7-4-10(16)8-12(13)20-14(21)9-2-5-11(6-3-9)25(22,23)15(17,18)19/h2-8H,1H3,(H,20,21). The summed E-state index contributed by atoms with van der Waals surface area (Å²) in [6.07, 6.45) is 0. The highest BCUT2D eigenvalue weighted by molar-refractivity contribution is 9.10. The van der Waals surface area contributed by atoms with Crippen molar-refractivity contribution in [2.24, 2.45) is 0 Å². The van der Waals surface area contributed by atoms with Crippen LogP contribution in [0.1, 0.15) is 10.4 Å². The Hall–Kier alpha value is -2.07. The predicted octanol–water partition coefficient (Wildman–Crippen LogP) is 4.00. The van der Waals surface area contributed by atoms with E-state index in [-0.39, 0.29) is 5.56 Å². The zero-order chi connectivity index (χ0) is 18.8. The molecule has 0 radical (unpaired) electrons. The van der Waals surface area contributed by atoms with Crippen molar-refractivity contribution in [3.8, 4) is 5.75 Å². The van der Waals surface area contributed by atoms with Crippen molar-refractivity contribution < 1.29 is 31.1 Å². The molecule has 0 aliphatic carbocycles. The molecule has 2 rings (SSSR count). The summed E-state index contributed by atoms with van der Waals surface area (Å²) in [6.45, 7) is 0. The molecule has 5 nitrogen and oxygen atoms in total. The van der Waals surface area contributed by atoms with Gasteiger partial charge in [0.1, 0.15) is 5.75 Å². The average Bonchev–Trinajstić information content (AvgIpc) is 2.54. The van der Waals surface area contributed by atoms with Crippen molar-refractivity contribution in [1.29, 1.82) is 0 Å². The quantitative estimate of drug-likeness (QED) is 0.784. The first-order chi connectivity index (χ1) is 11.6. The second kappa shape index (κ2) is 7.04. The number of methoxy groups -OCH3 is 1. The largest absolute Gasteiger partial charge is 0.501 e. The number of nitrogens with one attached hydrogen (secondary N) is 1. The molecule has 1 amide bonds. The fourth-order valence-corrected chi connectivity index (χ4v) is 3.01. The van der Waals surface area contributed by atoms with E-state index in [1.807, 2.05) is 0 Å². The summed E-state index contributed by atoms with van der Waals surface area (Å²) in [5.74, 6) is -0.250. The molecule has 0 heterocycles. The van der Waals surface area contributed by atoms with Gasteiger partial charge in [-0.2, -0.15) is 13.2 Å². The molecule has 0 atom stereocenters. The summed E-state index contributed by atoms with van der Waals surface area (Å²) in [4.78, 5) is 11.3. The molecule has 2 aromatic carbocycles. The summed E-state index contributed by atoms with van der Waals surface area (Å²) in [5.41, 5.74) is -5.07. The van der Waals surface area contributed by atoms with Crippen LogP contribution in [0.3, 0.4) is 0 Å². The summed E-state index contributed by atoms with van der Waals surface area (Å²) in [5, 5.41) is 2.54. The maximum atomic E-state index is 12.5. The highest BCUT2D eigenvalue weighted by atomic mass is 79.9. The highest BCUT2D eigenvalue weighted by Crippen LogP contribution is 2.31. The van der Waals surface area contributed by atoms with Gasteiger partial charge in [-0.3, -0.25) is 4.79 Å². The Bertz CT molecular complexity index is 896. The fourth-order valence-electron chi connectivity index (χ4n) is 1.89. The van der Waals surface area contributed by atoms with E-state index in [9.17, 15) is 26.4 Å². The minimum atomic E-state index is -5.45. The monoisotopic (exact) mass is 437 g/mol. The first-order valence-electron chi connectivity index (χ1n) is 6.62. The third-order valence-electron chi connectivity index (χ3n) is 3.14. The number of carbonyl (C=O) groups is 1. The maximum Gasteiger partial charge on any atom is 0.501 e. The molecule has 25 heavy (non-hydrogen) atoms. The van der Waals surface area contributed by atoms with Gasteiger partial charge in [-0.1, -0.05) is 15.9 Å². The molecule has 2 aromatic rings. The van der Waals surface area contributed by atoms with E-state index < -0.39 is 26.1 Å². The lowest BCUT2D eigenvalue weighted by molar-refractivity contribution is -0.0436. The molecule has 0 bridgehead atoms. The Labute approximate surface area is 149 Å². The van der Waals surface area contributed by atoms with Crippen LogP contribution in [-0.2, 0) is 9.84 Å². The molecule has 0 saturated carbocycles. The van der Waals surface area contributed by atoms with Crippen molar-refractivity contribution in [3.05, 3.63) is 52.5 Å². The Morgan fingerprint density at radius 2 is 1.72 bits per heavy atom. The van der Waals surface area contributed by atoms with Gasteiger partial charge >= 0.3 is 5.51 Å². The maximum absolute atomic E-state index is 12.5. The number of amides is 1. The van der Waals surface area contributed by atoms with E-state index >= 15 is 0 Å². The molecule has 0 aliphatic heterocycles. The van der Waals surface area contributed by atoms with Gasteiger partial charge in [0.05, 0.1) is 17.7 Å². The van der Waals surface area contributed by atoms with Gasteiger partial charge in [-0.15, -0.1) is 0 Å². The van der Waals surface area contributed by atoms with Crippen LogP contribution in [-0.4, -0.2) is 26.9 Å². The third kappa shape index (κ3) is 4.13. The van der Waals surface area contributed by atoms with Gasteiger partial charge in [0.2, 0.25) is 0 Å². The van der Waals surface area contributed by atoms with E-state index in [4.69, 9.17) is 4.74 Å². The topological polar surface area (TPSA) is 72.5 Å². The van der Waals surface area contributed by atoms with Crippen molar-refractivity contribution in [1.82, 2.24) is 0 Å². The second-order valence-corrected chi connectivity index (χ2v) is 7.63. The lowest BCUT2D eigenvalue weighted by Gasteiger charge is -2.11. The summed E-state index contributed by atoms with van der Waals surface area (Å²) in [6, 6.07) is 8.35. The van der Waals surface area contributed by atoms with E-state index in [1.165, 1.54) is 7.11 Å². The first-order valence-corrected chi connectivity index (χ1v) is 8.90. The van der Waals surface area contributed by atoms with Gasteiger partial charge in [-0.25, -0.2) is 8.42 Å². The number of hydrogen-bond acceptors (Lipinski definition) is 4. The van der Waals surface area contributed by atoms with Crippen LogP contribution in [0.5, 0.6) is 5.75 Å². The molecular weight excluding hydrogens is 427 g/mol. The lowest BCUT2D eigenvalue weighted by Crippen LogP contribution is -2.23. The first kappa shape index (κ1) is 19.3. The van der Waals surface area contributed by atoms with E-state index in [1.54, 1.807) is 18.2 Å². The smallest absolute Gasteiger partial charge is 0.495 e. The second-order valence-electron chi connectivity index (χ2n) is 4.77. The zero-order valence-corrected chi connectivity index (χ0v) is 15.0. The Morgan fingerprint density at radius 1 is 1.12 bits per heavy atom. The van der Waals surface area contributed by atoms with Gasteiger partial charge in [-0.05, 0) is 42.5 Å². The highest BCUT2D eigenvalue weighted by Gasteiger charge is 2.46. The molecule has 0 aliphatic rings. The van der Waals surface area contributed by atoms with E-state index in [2.05, 4.69) is 21.2 Å². The number of ether oxygens (including phenoxy) is 1. The minimum absolute atomic E-state index is 0.0110. The van der Waals surface area contributed by atoms with E-state index in [0.717, 1.165) is 24.3 Å². The van der Waals surface area contributed by atoms with Gasteiger partial charge < -0.3 is 10.1 Å². The van der Waals surface area contributed by atoms with Crippen LogP contribution in [0.15, 0.2) is 51.8 Å². The van der Waals surface area contributed by atoms with Gasteiger partial charge in [0, 0.05) is 10.0 Å². The molecule has 0 saturated heterocycles. The number of rotatable bonds is 4. The minimum Gasteiger partial charge on any atom is -0.495 e. The van der Waals surface area contributed by atoms with Crippen molar-refractivity contribution in [2.75, 3.05) is 12.4 Å². The average molecular weight is 438 g/mol. The molecule has 134 valence electrons. The molecule has 0 aromatic heterocycles. The molecule has 0 fully saturated rings. The number of sulfone groups is 1. The van der Waals surface area contributed by atoms with Crippen LogP contribution >= 0.6 is 15.9 Å². The molecular formula is C15H11BrF3NO4S. The number of alkyl halides is 3. The molecule has 0 spiro atoms. The summed E-state index contributed by atoms with van der Waals surface area (Å²) >= 11 is 3.24. The summed E-state index contributed by atoms with van der Waals surface area (Å²) < 4.78 is 65.9. The number of hydrogen-bond donors (Lipinski definition) is 1. The molecule has 10 heteroatoms. The van der Waals surface area contributed by atoms with E-state index in [0.29, 0.717) is 15.9 Å². The Morgan fingerprint density at radius 3 is 2.24 bits per heavy atom. The van der Waals surface area contributed by atoms with Crippen molar-refractivity contribution >= 4 is 37.4 Å². The Balaban J connectivity index is 2.26. The van der Waals surface area contributed by atoms with Crippen LogP contribution in [0.4, 0.5) is 18.9 Å². The van der Waals surface area contributed by atoms with Crippen molar-refractivity contribution in [3.63, 3.8) is 0 Å². The number of benzene rings is 2. The molecule has 1 N–H and O–H groups in total. The van der Waals surface area contributed by atoms with Gasteiger partial charge in [0.25, 0.3) is 15.7 Å². The summed E-state index contributed by atoms with van der Waals surface area (Å²) in [7, 11) is -4.04. The van der Waals surface area contributed by atoms with Crippen LogP contribution in [0.2, 0.25) is 0 Å². The van der Waals surface area contributed by atoms with Gasteiger partial charge in [0.15, 0.2) is 0 Å². The predicted molar refractivity (Wildman–Crippen MR) is 88.3 cm³/mol. The SMILES string of the molecule is COc1ccc(Br)cc1NC(=O)c1ccc(S(=O)(=O)C(F)(F)F)cc1. The third-order valence-corrected chi connectivity index (χ3v) is 5.14. The number of carbonyl (C=O) groups excluding carboxylic acids is 1. The zero-order valence-electron chi connectivity index (χ0n) is 12.6. The van der Waals surface area contributed by atoms with Crippen LogP contribution in [0.25, 0.3) is 0 Å². The van der Waals surface area contributed by atoms with Crippen molar-refractivity contribution in [2.45, 2.75) is 10.4 Å². The Kier molecular flexibility index (Phi) is 5.43. The van der Waals surface area contributed by atoms with Crippen LogP contribution < -0.4 is 10.1 Å².